The molecule has 0 amide bonds. The fourth-order valence-electron chi connectivity index (χ4n) is 1.88. The van der Waals surface area contributed by atoms with Gasteiger partial charge < -0.3 is 0 Å². The van der Waals surface area contributed by atoms with Crippen molar-refractivity contribution in [3.05, 3.63) is 68.8 Å². The summed E-state index contributed by atoms with van der Waals surface area (Å²) in [5.74, 6) is 0. The van der Waals surface area contributed by atoms with Gasteiger partial charge in [-0.25, -0.2) is 0 Å². The standard InChI is InChI=1S/2C6H4NO2.Hg/c2*8-7(9)6-4-2-1-3-5-6;/h2*1-4H;. The Hall–Kier alpha value is -1.82. The van der Waals surface area contributed by atoms with Gasteiger partial charge in [-0.15, -0.1) is 0 Å². The molecule has 0 N–H and O–H groups in total. The second-order valence-corrected chi connectivity index (χ2v) is 11.2. The van der Waals surface area contributed by atoms with Crippen LogP contribution in [0.3, 0.4) is 0 Å². The van der Waals surface area contributed by atoms with Crippen LogP contribution in [0.5, 0.6) is 0 Å². The number of nitrogens with zero attached hydrogens (tertiary/aromatic N) is 2. The zero-order valence-corrected chi connectivity index (χ0v) is 15.4. The number of nitro benzene ring substituents is 2. The third kappa shape index (κ3) is 3.14. The van der Waals surface area contributed by atoms with E-state index < -0.39 is 34.4 Å². The van der Waals surface area contributed by atoms with Crippen molar-refractivity contribution in [2.24, 2.45) is 0 Å². The van der Waals surface area contributed by atoms with Gasteiger partial charge in [-0.2, -0.15) is 0 Å². The fourth-order valence-corrected chi connectivity index (χ4v) is 8.78. The van der Waals surface area contributed by atoms with Crippen molar-refractivity contribution < 1.29 is 34.4 Å². The maximum absolute atomic E-state index is 10.9. The van der Waals surface area contributed by atoms with E-state index in [9.17, 15) is 20.2 Å². The molecule has 0 aromatic heterocycles. The predicted octanol–water partition coefficient (Wildman–Crippen LogP) is 1.54. The molecule has 7 heteroatoms. The van der Waals surface area contributed by atoms with Crippen molar-refractivity contribution in [3.8, 4) is 0 Å². The quantitative estimate of drug-likeness (QED) is 0.406. The third-order valence-corrected chi connectivity index (χ3v) is 10.4. The van der Waals surface area contributed by atoms with Gasteiger partial charge in [0.05, 0.1) is 0 Å². The van der Waals surface area contributed by atoms with Crippen LogP contribution in [0, 0.1) is 20.2 Å². The molecule has 0 saturated carbocycles. The first-order valence-electron chi connectivity index (χ1n) is 5.54. The van der Waals surface area contributed by atoms with E-state index in [1.165, 1.54) is 12.1 Å². The Kier molecular flexibility index (Phi) is 4.21. The Labute approximate surface area is 120 Å². The van der Waals surface area contributed by atoms with Gasteiger partial charge >= 0.3 is 121 Å². The molecular weight excluding hydrogens is 437 g/mol. The van der Waals surface area contributed by atoms with Gasteiger partial charge in [0.25, 0.3) is 0 Å². The molecule has 0 aliphatic carbocycles. The molecule has 0 aliphatic rings. The number of hydrogen-bond acceptors (Lipinski definition) is 4. The van der Waals surface area contributed by atoms with Crippen LogP contribution < -0.4 is 6.14 Å². The summed E-state index contributed by atoms with van der Waals surface area (Å²) in [6.45, 7) is 0. The van der Waals surface area contributed by atoms with Gasteiger partial charge in [0.1, 0.15) is 0 Å². The maximum atomic E-state index is 10.9. The third-order valence-electron chi connectivity index (χ3n) is 2.76. The minimum atomic E-state index is -2.11. The molecule has 19 heavy (non-hydrogen) atoms. The van der Waals surface area contributed by atoms with Crippen molar-refractivity contribution in [2.75, 3.05) is 0 Å². The van der Waals surface area contributed by atoms with Gasteiger partial charge in [-0.1, -0.05) is 0 Å². The molecule has 0 aliphatic heterocycles. The molecular formula is C12H8HgN2O4. The van der Waals surface area contributed by atoms with Crippen molar-refractivity contribution in [3.63, 3.8) is 0 Å². The van der Waals surface area contributed by atoms with E-state index in [0.717, 1.165) is 0 Å². The van der Waals surface area contributed by atoms with Crippen molar-refractivity contribution in [1.82, 2.24) is 0 Å². The van der Waals surface area contributed by atoms with Crippen LogP contribution in [0.25, 0.3) is 0 Å². The molecule has 0 saturated heterocycles. The number of nitro groups is 2. The van der Waals surface area contributed by atoms with Gasteiger partial charge in [0, 0.05) is 0 Å². The molecule has 0 spiro atoms. The molecule has 2 rings (SSSR count). The van der Waals surface area contributed by atoms with Crippen LogP contribution >= 0.6 is 0 Å². The number of para-hydroxylation sites is 2. The summed E-state index contributed by atoms with van der Waals surface area (Å²) < 4.78 is 1.36. The molecule has 6 nitrogen and oxygen atoms in total. The van der Waals surface area contributed by atoms with E-state index in [1.807, 2.05) is 0 Å². The molecule has 0 bridgehead atoms. The Morgan fingerprint density at radius 1 is 0.737 bits per heavy atom. The summed E-state index contributed by atoms with van der Waals surface area (Å²) in [6, 6.07) is 13.0. The van der Waals surface area contributed by atoms with E-state index in [4.69, 9.17) is 0 Å². The first kappa shape index (κ1) is 13.6. The van der Waals surface area contributed by atoms with Gasteiger partial charge in [-0.05, 0) is 0 Å². The summed E-state index contributed by atoms with van der Waals surface area (Å²) in [5, 5.41) is 21.9. The SMILES string of the molecule is O=[N+]([O-])c1cccc[c]1[Hg][c]1ccccc1[N+](=O)[O-]. The topological polar surface area (TPSA) is 86.3 Å². The van der Waals surface area contributed by atoms with E-state index in [-0.39, 0.29) is 11.4 Å². The Morgan fingerprint density at radius 3 is 1.47 bits per heavy atom. The Morgan fingerprint density at radius 2 is 1.11 bits per heavy atom. The molecule has 0 fully saturated rings. The van der Waals surface area contributed by atoms with E-state index in [0.29, 0.717) is 6.14 Å². The van der Waals surface area contributed by atoms with E-state index >= 15 is 0 Å². The fraction of sp³-hybridized carbons (Fsp3) is 0. The zero-order chi connectivity index (χ0) is 13.8. The van der Waals surface area contributed by atoms with E-state index in [2.05, 4.69) is 0 Å². The zero-order valence-electron chi connectivity index (χ0n) is 9.85. The molecule has 0 heterocycles. The predicted molar refractivity (Wildman–Crippen MR) is 65.5 cm³/mol. The average molecular weight is 445 g/mol. The van der Waals surface area contributed by atoms with Crippen LogP contribution in [-0.4, -0.2) is 9.85 Å². The van der Waals surface area contributed by atoms with Crippen LogP contribution in [0.15, 0.2) is 48.5 Å². The first-order chi connectivity index (χ1) is 9.09. The number of benzene rings is 2. The number of rotatable bonds is 4. The van der Waals surface area contributed by atoms with Crippen LogP contribution in [0.2, 0.25) is 0 Å². The summed E-state index contributed by atoms with van der Waals surface area (Å²) in [4.78, 5) is 21.0. The summed E-state index contributed by atoms with van der Waals surface area (Å²) in [5.41, 5.74) is 0.143. The van der Waals surface area contributed by atoms with Gasteiger partial charge in [0.15, 0.2) is 0 Å². The second kappa shape index (κ2) is 5.88. The monoisotopic (exact) mass is 446 g/mol. The Bertz CT molecular complexity index is 590. The molecule has 92 valence electrons. The van der Waals surface area contributed by atoms with Crippen LogP contribution in [0.1, 0.15) is 0 Å². The van der Waals surface area contributed by atoms with Gasteiger partial charge in [-0.3, -0.25) is 0 Å². The van der Waals surface area contributed by atoms with Crippen molar-refractivity contribution in [2.45, 2.75) is 0 Å². The summed E-state index contributed by atoms with van der Waals surface area (Å²) >= 11 is -2.11. The van der Waals surface area contributed by atoms with Crippen molar-refractivity contribution in [1.29, 1.82) is 0 Å². The van der Waals surface area contributed by atoms with Crippen LogP contribution in [0.4, 0.5) is 11.4 Å². The summed E-state index contributed by atoms with van der Waals surface area (Å²) in [7, 11) is 0. The van der Waals surface area contributed by atoms with Gasteiger partial charge in [0.2, 0.25) is 0 Å². The first-order valence-corrected chi connectivity index (χ1v) is 11.0. The molecule has 0 atom stereocenters. The summed E-state index contributed by atoms with van der Waals surface area (Å²) in [6.07, 6.45) is 0. The minimum absolute atomic E-state index is 0.0716. The second-order valence-electron chi connectivity index (χ2n) is 3.95. The number of hydrogen-bond donors (Lipinski definition) is 0. The molecule has 2 aromatic rings. The average Bonchev–Trinajstić information content (AvgIpc) is 2.39. The molecule has 2 aromatic carbocycles. The van der Waals surface area contributed by atoms with E-state index in [1.54, 1.807) is 36.4 Å². The molecule has 0 radical (unpaired) electrons. The molecule has 0 unspecified atom stereocenters. The van der Waals surface area contributed by atoms with Crippen molar-refractivity contribution >= 4 is 17.5 Å². The Balaban J connectivity index is 2.42. The van der Waals surface area contributed by atoms with Crippen LogP contribution in [-0.2, 0) is 24.6 Å². The normalized spacial score (nSPS) is 9.68.